The molecule has 2 fully saturated rings. The second kappa shape index (κ2) is 10.3. The van der Waals surface area contributed by atoms with E-state index in [1.54, 1.807) is 14.2 Å². The largest absolute Gasteiger partial charge is 0.493 e. The van der Waals surface area contributed by atoms with Gasteiger partial charge in [0, 0.05) is 25.7 Å². The van der Waals surface area contributed by atoms with Crippen LogP contribution in [0.5, 0.6) is 11.5 Å². The fourth-order valence-corrected chi connectivity index (χ4v) is 5.85. The normalized spacial score (nSPS) is 28.7. The maximum absolute atomic E-state index is 13.2. The lowest BCUT2D eigenvalue weighted by atomic mass is 9.73. The molecule has 0 N–H and O–H groups in total. The Balaban J connectivity index is 1.59. The van der Waals surface area contributed by atoms with Crippen LogP contribution in [0.3, 0.4) is 0 Å². The molecule has 0 bridgehead atoms. The SMILES string of the molecule is COc1cc2c(cc1OC)[C@H]1C[C@@H](OC3CCCCO3)[C@H](CC(C)(C)CCF)CN1CC2. The van der Waals surface area contributed by atoms with Gasteiger partial charge in [0.2, 0.25) is 0 Å². The Morgan fingerprint density at radius 1 is 1.16 bits per heavy atom. The second-order valence-corrected chi connectivity index (χ2v) is 10.4. The predicted octanol–water partition coefficient (Wildman–Crippen LogP) is 5.31. The van der Waals surface area contributed by atoms with Crippen LogP contribution in [-0.2, 0) is 15.9 Å². The molecular weight excluding hydrogens is 409 g/mol. The summed E-state index contributed by atoms with van der Waals surface area (Å²) in [6, 6.07) is 4.60. The quantitative estimate of drug-likeness (QED) is 0.538. The van der Waals surface area contributed by atoms with E-state index in [0.717, 1.165) is 69.7 Å². The first-order chi connectivity index (χ1) is 15.4. The predicted molar refractivity (Wildman–Crippen MR) is 123 cm³/mol. The van der Waals surface area contributed by atoms with Crippen molar-refractivity contribution in [2.45, 2.75) is 77.2 Å². The smallest absolute Gasteiger partial charge is 0.161 e. The standard InChI is InChI=1S/C26H40FNO4/c1-26(2,9-10-27)16-19-17-28-11-8-18-13-23(29-3)24(30-4)14-20(18)21(28)15-22(19)32-25-7-5-6-12-31-25/h13-14,19,21-22,25H,5-12,15-17H2,1-4H3/t19-,21-,22-,25?/m1/s1. The molecule has 0 amide bonds. The van der Waals surface area contributed by atoms with Crippen molar-refractivity contribution in [3.05, 3.63) is 23.3 Å². The van der Waals surface area contributed by atoms with Gasteiger partial charge in [-0.25, -0.2) is 0 Å². The summed E-state index contributed by atoms with van der Waals surface area (Å²) in [4.78, 5) is 2.60. The number of nitrogens with zero attached hydrogens (tertiary/aromatic N) is 1. The van der Waals surface area contributed by atoms with Gasteiger partial charge in [0.1, 0.15) is 0 Å². The van der Waals surface area contributed by atoms with Crippen molar-refractivity contribution < 1.29 is 23.3 Å². The van der Waals surface area contributed by atoms with Crippen molar-refractivity contribution in [3.8, 4) is 11.5 Å². The third-order valence-corrected chi connectivity index (χ3v) is 7.61. The van der Waals surface area contributed by atoms with Crippen molar-refractivity contribution in [3.63, 3.8) is 0 Å². The van der Waals surface area contributed by atoms with E-state index in [9.17, 15) is 4.39 Å². The lowest BCUT2D eigenvalue weighted by molar-refractivity contribution is -0.214. The van der Waals surface area contributed by atoms with Gasteiger partial charge in [-0.2, -0.15) is 0 Å². The zero-order chi connectivity index (χ0) is 22.7. The van der Waals surface area contributed by atoms with Crippen LogP contribution in [-0.4, -0.2) is 57.9 Å². The highest BCUT2D eigenvalue weighted by molar-refractivity contribution is 5.49. The van der Waals surface area contributed by atoms with E-state index in [2.05, 4.69) is 30.9 Å². The lowest BCUT2D eigenvalue weighted by Gasteiger charge is -2.49. The topological polar surface area (TPSA) is 40.2 Å². The van der Waals surface area contributed by atoms with Crippen molar-refractivity contribution >= 4 is 0 Å². The van der Waals surface area contributed by atoms with Crippen LogP contribution in [0.2, 0.25) is 0 Å². The van der Waals surface area contributed by atoms with E-state index in [-0.39, 0.29) is 24.5 Å². The molecule has 0 spiro atoms. The number of benzene rings is 1. The van der Waals surface area contributed by atoms with Crippen molar-refractivity contribution in [1.82, 2.24) is 4.90 Å². The molecule has 180 valence electrons. The van der Waals surface area contributed by atoms with Crippen LogP contribution in [0.1, 0.15) is 69.5 Å². The lowest BCUT2D eigenvalue weighted by Crippen LogP contribution is -2.50. The van der Waals surface area contributed by atoms with E-state index in [4.69, 9.17) is 18.9 Å². The molecule has 5 nitrogen and oxygen atoms in total. The minimum absolute atomic E-state index is 0.0361. The Morgan fingerprint density at radius 3 is 2.62 bits per heavy atom. The van der Waals surface area contributed by atoms with Crippen molar-refractivity contribution in [1.29, 1.82) is 0 Å². The summed E-state index contributed by atoms with van der Waals surface area (Å²) in [6.07, 6.45) is 6.73. The van der Waals surface area contributed by atoms with Crippen molar-refractivity contribution in [2.75, 3.05) is 40.6 Å². The first kappa shape index (κ1) is 23.8. The number of ether oxygens (including phenoxy) is 4. The molecule has 6 heteroatoms. The van der Waals surface area contributed by atoms with E-state index in [1.807, 2.05) is 0 Å². The van der Waals surface area contributed by atoms with Crippen LogP contribution in [0, 0.1) is 11.3 Å². The average Bonchev–Trinajstić information content (AvgIpc) is 2.79. The Labute approximate surface area is 192 Å². The van der Waals surface area contributed by atoms with Gasteiger partial charge in [0.15, 0.2) is 17.8 Å². The summed E-state index contributed by atoms with van der Waals surface area (Å²) in [7, 11) is 3.39. The van der Waals surface area contributed by atoms with E-state index < -0.39 is 0 Å². The average molecular weight is 450 g/mol. The highest BCUT2D eigenvalue weighted by atomic mass is 19.1. The molecule has 1 aromatic carbocycles. The summed E-state index contributed by atoms with van der Waals surface area (Å²) in [6.45, 7) is 6.90. The maximum Gasteiger partial charge on any atom is 0.161 e. The zero-order valence-corrected chi connectivity index (χ0v) is 20.2. The van der Waals surface area contributed by atoms with Gasteiger partial charge in [-0.15, -0.1) is 0 Å². The Kier molecular flexibility index (Phi) is 7.63. The first-order valence-electron chi connectivity index (χ1n) is 12.3. The molecule has 2 saturated heterocycles. The molecule has 32 heavy (non-hydrogen) atoms. The number of halogens is 1. The van der Waals surface area contributed by atoms with Crippen LogP contribution in [0.25, 0.3) is 0 Å². The van der Waals surface area contributed by atoms with Gasteiger partial charge < -0.3 is 18.9 Å². The van der Waals surface area contributed by atoms with Gasteiger partial charge in [-0.05, 0) is 79.5 Å². The number of alkyl halides is 1. The van der Waals surface area contributed by atoms with E-state index in [1.165, 1.54) is 11.1 Å². The van der Waals surface area contributed by atoms with Crippen LogP contribution < -0.4 is 9.47 Å². The molecule has 4 atom stereocenters. The molecule has 0 aromatic heterocycles. The van der Waals surface area contributed by atoms with Gasteiger partial charge in [0.25, 0.3) is 0 Å². The number of rotatable bonds is 8. The minimum Gasteiger partial charge on any atom is -0.493 e. The molecule has 3 aliphatic heterocycles. The molecule has 0 saturated carbocycles. The summed E-state index contributed by atoms with van der Waals surface area (Å²) in [5, 5.41) is 0. The second-order valence-electron chi connectivity index (χ2n) is 10.4. The molecule has 4 rings (SSSR count). The molecule has 1 unspecified atom stereocenters. The Morgan fingerprint density at radius 2 is 1.94 bits per heavy atom. The highest BCUT2D eigenvalue weighted by Crippen LogP contribution is 2.46. The molecule has 0 aliphatic carbocycles. The molecule has 1 aromatic rings. The van der Waals surface area contributed by atoms with Gasteiger partial charge in [-0.1, -0.05) is 13.8 Å². The van der Waals surface area contributed by atoms with Crippen LogP contribution in [0.15, 0.2) is 12.1 Å². The number of fused-ring (bicyclic) bond motifs is 3. The summed E-state index contributed by atoms with van der Waals surface area (Å²) < 4.78 is 36.9. The zero-order valence-electron chi connectivity index (χ0n) is 20.2. The maximum atomic E-state index is 13.2. The molecule has 3 heterocycles. The summed E-state index contributed by atoms with van der Waals surface area (Å²) >= 11 is 0. The monoisotopic (exact) mass is 449 g/mol. The minimum atomic E-state index is -0.266. The fraction of sp³-hybridized carbons (Fsp3) is 0.769. The van der Waals surface area contributed by atoms with Crippen molar-refractivity contribution in [2.24, 2.45) is 11.3 Å². The van der Waals surface area contributed by atoms with Crippen LogP contribution >= 0.6 is 0 Å². The fourth-order valence-electron chi connectivity index (χ4n) is 5.85. The summed E-state index contributed by atoms with van der Waals surface area (Å²) in [5.41, 5.74) is 2.63. The van der Waals surface area contributed by atoms with Gasteiger partial charge in [0.05, 0.1) is 27.0 Å². The molecule has 3 aliphatic rings. The third-order valence-electron chi connectivity index (χ3n) is 7.61. The Bertz CT molecular complexity index is 764. The summed E-state index contributed by atoms with van der Waals surface area (Å²) in [5.74, 6) is 1.96. The van der Waals surface area contributed by atoms with Gasteiger partial charge in [-0.3, -0.25) is 9.29 Å². The van der Waals surface area contributed by atoms with Crippen LogP contribution in [0.4, 0.5) is 4.39 Å². The number of piperidine rings is 1. The van der Waals surface area contributed by atoms with Gasteiger partial charge >= 0.3 is 0 Å². The Hall–Kier alpha value is -1.37. The number of hydrogen-bond acceptors (Lipinski definition) is 5. The number of methoxy groups -OCH3 is 2. The van der Waals surface area contributed by atoms with E-state index >= 15 is 0 Å². The third kappa shape index (κ3) is 5.23. The molecule has 0 radical (unpaired) electrons. The molecular formula is C26H40FNO4. The highest BCUT2D eigenvalue weighted by Gasteiger charge is 2.42. The van der Waals surface area contributed by atoms with E-state index in [0.29, 0.717) is 18.4 Å². The first-order valence-corrected chi connectivity index (χ1v) is 12.3. The number of hydrogen-bond donors (Lipinski definition) is 0.